The van der Waals surface area contributed by atoms with Gasteiger partial charge < -0.3 is 16.5 Å². The van der Waals surface area contributed by atoms with Gasteiger partial charge in [-0.15, -0.1) is 5.10 Å². The molecule has 1 heterocycles. The molecule has 0 aromatic carbocycles. The zero-order chi connectivity index (χ0) is 9.19. The average molecular weight is 170 g/mol. The maximum atomic E-state index is 5.62. The number of hydrogen-bond donors (Lipinski definition) is 2. The van der Waals surface area contributed by atoms with E-state index in [0.29, 0.717) is 11.4 Å². The van der Waals surface area contributed by atoms with Gasteiger partial charge in [-0.25, -0.2) is 0 Å². The van der Waals surface area contributed by atoms with E-state index in [-0.39, 0.29) is 0 Å². The van der Waals surface area contributed by atoms with Crippen LogP contribution in [-0.4, -0.2) is 23.9 Å². The molecule has 0 radical (unpaired) electrons. The molecule has 0 spiro atoms. The van der Waals surface area contributed by atoms with E-state index in [0.717, 1.165) is 13.1 Å². The molecule has 1 fully saturated rings. The minimum atomic E-state index is 0.341. The van der Waals surface area contributed by atoms with Crippen LogP contribution >= 0.6 is 0 Å². The molecule has 0 saturated carbocycles. The lowest BCUT2D eigenvalue weighted by molar-refractivity contribution is 0.177. The predicted molar refractivity (Wildman–Crippen MR) is 50.4 cm³/mol. The number of likely N-dealkylation sites (tertiary alicyclic amines) is 1. The van der Waals surface area contributed by atoms with E-state index >= 15 is 0 Å². The fourth-order valence-electron chi connectivity index (χ4n) is 1.70. The molecule has 0 bridgehead atoms. The Morgan fingerprint density at radius 3 is 2.67 bits per heavy atom. The monoisotopic (exact) mass is 170 g/mol. The first-order valence-electron chi connectivity index (χ1n) is 4.33. The van der Waals surface area contributed by atoms with Crippen molar-refractivity contribution in [2.75, 3.05) is 13.1 Å². The molecule has 1 aliphatic heterocycles. The van der Waals surface area contributed by atoms with Crippen LogP contribution in [0.3, 0.4) is 0 Å². The highest BCUT2D eigenvalue weighted by atomic mass is 15.3. The molecule has 0 amide bonds. The topological polar surface area (TPSA) is 67.6 Å². The van der Waals surface area contributed by atoms with E-state index in [4.69, 9.17) is 11.6 Å². The zero-order valence-corrected chi connectivity index (χ0v) is 7.88. The van der Waals surface area contributed by atoms with Crippen LogP contribution in [0.4, 0.5) is 0 Å². The zero-order valence-electron chi connectivity index (χ0n) is 7.88. The maximum Gasteiger partial charge on any atom is 0.213 e. The normalized spacial score (nSPS) is 24.2. The number of guanidine groups is 1. The highest BCUT2D eigenvalue weighted by Crippen LogP contribution is 2.27. The van der Waals surface area contributed by atoms with Crippen molar-refractivity contribution >= 4 is 5.96 Å². The first-order chi connectivity index (χ1) is 5.55. The third-order valence-electron chi connectivity index (χ3n) is 2.36. The number of nitrogens with two attached hydrogens (primary N) is 2. The number of hydrogen-bond acceptors (Lipinski definition) is 2. The lowest BCUT2D eigenvalue weighted by Crippen LogP contribution is -2.47. The molecule has 0 aromatic rings. The van der Waals surface area contributed by atoms with Crippen LogP contribution in [0.25, 0.3) is 0 Å². The number of rotatable bonds is 0. The predicted octanol–water partition coefficient (Wildman–Crippen LogP) is 0.297. The number of hydrazone groups is 1. The molecule has 4 heteroatoms. The second kappa shape index (κ2) is 3.21. The van der Waals surface area contributed by atoms with Gasteiger partial charge in [0.1, 0.15) is 0 Å². The summed E-state index contributed by atoms with van der Waals surface area (Å²) in [4.78, 5) is 2.05. The van der Waals surface area contributed by atoms with Crippen LogP contribution in [0.5, 0.6) is 0 Å². The summed E-state index contributed by atoms with van der Waals surface area (Å²) < 4.78 is 0. The lowest BCUT2D eigenvalue weighted by Gasteiger charge is -2.38. The Labute approximate surface area is 73.6 Å². The summed E-state index contributed by atoms with van der Waals surface area (Å²) in [6.45, 7) is 6.42. The van der Waals surface area contributed by atoms with Crippen molar-refractivity contribution in [2.45, 2.75) is 26.7 Å². The van der Waals surface area contributed by atoms with Crippen LogP contribution < -0.4 is 11.6 Å². The minimum Gasteiger partial charge on any atom is -0.368 e. The smallest absolute Gasteiger partial charge is 0.213 e. The van der Waals surface area contributed by atoms with Gasteiger partial charge in [-0.05, 0) is 18.3 Å². The van der Waals surface area contributed by atoms with Crippen molar-refractivity contribution in [3.05, 3.63) is 0 Å². The fraction of sp³-hybridized carbons (Fsp3) is 0.875. The molecule has 0 atom stereocenters. The standard InChI is InChI=1S/C8H18N4/c1-8(2)4-3-5-12(6-8)7(9)11-10/h3-6,10H2,1-2H3,(H2,9,11). The van der Waals surface area contributed by atoms with E-state index in [1.165, 1.54) is 12.8 Å². The Morgan fingerprint density at radius 2 is 2.17 bits per heavy atom. The Hall–Kier alpha value is -0.930. The third-order valence-corrected chi connectivity index (χ3v) is 2.36. The molecule has 12 heavy (non-hydrogen) atoms. The average Bonchev–Trinajstić information content (AvgIpc) is 2.01. The largest absolute Gasteiger partial charge is 0.368 e. The van der Waals surface area contributed by atoms with Crippen LogP contribution in [0.2, 0.25) is 0 Å². The summed E-state index contributed by atoms with van der Waals surface area (Å²) in [5.74, 6) is 5.57. The third kappa shape index (κ3) is 2.03. The highest BCUT2D eigenvalue weighted by molar-refractivity contribution is 5.77. The second-order valence-electron chi connectivity index (χ2n) is 4.18. The van der Waals surface area contributed by atoms with Gasteiger partial charge in [0, 0.05) is 13.1 Å². The lowest BCUT2D eigenvalue weighted by atomic mass is 9.84. The summed E-state index contributed by atoms with van der Waals surface area (Å²) in [6, 6.07) is 0. The van der Waals surface area contributed by atoms with Gasteiger partial charge >= 0.3 is 0 Å². The van der Waals surface area contributed by atoms with Crippen molar-refractivity contribution in [1.29, 1.82) is 0 Å². The molecule has 4 N–H and O–H groups in total. The SMILES string of the molecule is CC1(C)CCCN(C(N)=NN)C1. The Kier molecular flexibility index (Phi) is 2.45. The molecular weight excluding hydrogens is 152 g/mol. The first kappa shape index (κ1) is 9.16. The molecule has 70 valence electrons. The van der Waals surface area contributed by atoms with Crippen LogP contribution in [0, 0.1) is 5.41 Å². The van der Waals surface area contributed by atoms with Gasteiger partial charge in [0.25, 0.3) is 0 Å². The van der Waals surface area contributed by atoms with Crippen molar-refractivity contribution < 1.29 is 0 Å². The van der Waals surface area contributed by atoms with Crippen molar-refractivity contribution in [3.63, 3.8) is 0 Å². The van der Waals surface area contributed by atoms with Crippen LogP contribution in [0.1, 0.15) is 26.7 Å². The molecule has 0 aliphatic carbocycles. The van der Waals surface area contributed by atoms with Gasteiger partial charge in [0.2, 0.25) is 5.96 Å². The Morgan fingerprint density at radius 1 is 1.50 bits per heavy atom. The maximum absolute atomic E-state index is 5.62. The summed E-state index contributed by atoms with van der Waals surface area (Å²) >= 11 is 0. The van der Waals surface area contributed by atoms with E-state index < -0.39 is 0 Å². The summed E-state index contributed by atoms with van der Waals surface area (Å²) in [7, 11) is 0. The molecule has 1 rings (SSSR count). The van der Waals surface area contributed by atoms with E-state index in [2.05, 4.69) is 18.9 Å². The Bertz CT molecular complexity index is 185. The van der Waals surface area contributed by atoms with Crippen molar-refractivity contribution in [2.24, 2.45) is 22.1 Å². The van der Waals surface area contributed by atoms with Gasteiger partial charge in [0.05, 0.1) is 0 Å². The highest BCUT2D eigenvalue weighted by Gasteiger charge is 2.27. The second-order valence-corrected chi connectivity index (χ2v) is 4.18. The number of piperidine rings is 1. The first-order valence-corrected chi connectivity index (χ1v) is 4.33. The van der Waals surface area contributed by atoms with Gasteiger partial charge in [-0.3, -0.25) is 0 Å². The molecule has 0 unspecified atom stereocenters. The van der Waals surface area contributed by atoms with Gasteiger partial charge in [-0.2, -0.15) is 0 Å². The molecule has 1 saturated heterocycles. The number of nitrogens with zero attached hydrogens (tertiary/aromatic N) is 2. The van der Waals surface area contributed by atoms with E-state index in [9.17, 15) is 0 Å². The van der Waals surface area contributed by atoms with Crippen LogP contribution in [-0.2, 0) is 0 Å². The van der Waals surface area contributed by atoms with E-state index in [1.54, 1.807) is 0 Å². The summed E-state index contributed by atoms with van der Waals surface area (Å²) in [5, 5.41) is 3.50. The van der Waals surface area contributed by atoms with Gasteiger partial charge in [-0.1, -0.05) is 13.8 Å². The Balaban J connectivity index is 2.58. The molecule has 0 aromatic heterocycles. The summed E-state index contributed by atoms with van der Waals surface area (Å²) in [5.41, 5.74) is 5.96. The van der Waals surface area contributed by atoms with E-state index in [1.807, 2.05) is 4.90 Å². The molecular formula is C8H18N4. The fourth-order valence-corrected chi connectivity index (χ4v) is 1.70. The van der Waals surface area contributed by atoms with Gasteiger partial charge in [0.15, 0.2) is 0 Å². The van der Waals surface area contributed by atoms with Crippen LogP contribution in [0.15, 0.2) is 5.10 Å². The molecule has 1 aliphatic rings. The van der Waals surface area contributed by atoms with Crippen molar-refractivity contribution in [3.8, 4) is 0 Å². The quantitative estimate of drug-likeness (QED) is 0.238. The summed E-state index contributed by atoms with van der Waals surface area (Å²) in [6.07, 6.45) is 2.42. The van der Waals surface area contributed by atoms with Crippen molar-refractivity contribution in [1.82, 2.24) is 4.90 Å². The molecule has 4 nitrogen and oxygen atoms in total. The minimum absolute atomic E-state index is 0.341.